The van der Waals surface area contributed by atoms with Crippen LogP contribution in [-0.2, 0) is 0 Å². The molecule has 0 N–H and O–H groups in total. The summed E-state index contributed by atoms with van der Waals surface area (Å²) in [5.74, 6) is 0.217. The average Bonchev–Trinajstić information content (AvgIpc) is 2.55. The molecule has 6 heteroatoms. The molecular weight excluding hydrogens is 311 g/mol. The van der Waals surface area contributed by atoms with Gasteiger partial charge in [0.05, 0.1) is 5.39 Å². The molecule has 0 aliphatic heterocycles. The van der Waals surface area contributed by atoms with Gasteiger partial charge in [-0.05, 0) is 36.8 Å². The Bertz CT molecular complexity index is 1140. The molecule has 0 aliphatic rings. The van der Waals surface area contributed by atoms with Crippen LogP contribution in [0.2, 0.25) is 0 Å². The predicted octanol–water partition coefficient (Wildman–Crippen LogP) is 3.98. The largest absolute Gasteiger partial charge is 0.438 e. The van der Waals surface area contributed by atoms with Crippen LogP contribution in [0.5, 0.6) is 11.6 Å². The highest BCUT2D eigenvalue weighted by Gasteiger charge is 2.10. The number of hydrogen-bond donors (Lipinski definition) is 0. The zero-order valence-electron chi connectivity index (χ0n) is 12.6. The van der Waals surface area contributed by atoms with Crippen molar-refractivity contribution in [2.45, 2.75) is 6.92 Å². The molecule has 0 fully saturated rings. The lowest BCUT2D eigenvalue weighted by Crippen LogP contribution is -1.98. The summed E-state index contributed by atoms with van der Waals surface area (Å²) in [5.41, 5.74) is 1.00. The van der Waals surface area contributed by atoms with Crippen molar-refractivity contribution in [2.24, 2.45) is 0 Å². The maximum absolute atomic E-state index is 13.8. The van der Waals surface area contributed by atoms with Crippen molar-refractivity contribution in [3.63, 3.8) is 0 Å². The molecule has 0 saturated carbocycles. The number of ether oxygens (including phenoxy) is 1. The molecule has 0 spiro atoms. The molecule has 2 aromatic heterocycles. The van der Waals surface area contributed by atoms with Crippen molar-refractivity contribution in [1.29, 1.82) is 0 Å². The number of hydrogen-bond acceptors (Lipinski definition) is 5. The Morgan fingerprint density at radius 3 is 2.83 bits per heavy atom. The summed E-state index contributed by atoms with van der Waals surface area (Å²) < 4.78 is 24.8. The Hall–Kier alpha value is -3.28. The first-order valence-electron chi connectivity index (χ1n) is 7.23. The van der Waals surface area contributed by atoms with Crippen LogP contribution in [0.1, 0.15) is 5.56 Å². The van der Waals surface area contributed by atoms with Crippen LogP contribution in [0.25, 0.3) is 21.9 Å². The van der Waals surface area contributed by atoms with E-state index in [1.165, 1.54) is 18.5 Å². The van der Waals surface area contributed by atoms with Gasteiger partial charge >= 0.3 is 5.63 Å². The number of halogens is 1. The highest BCUT2D eigenvalue weighted by atomic mass is 19.1. The van der Waals surface area contributed by atoms with Crippen LogP contribution in [-0.4, -0.2) is 9.97 Å². The quantitative estimate of drug-likeness (QED) is 0.522. The minimum Gasteiger partial charge on any atom is -0.438 e. The number of aromatic nitrogens is 2. The molecule has 0 unspecified atom stereocenters. The Morgan fingerprint density at radius 1 is 1.08 bits per heavy atom. The van der Waals surface area contributed by atoms with Crippen LogP contribution < -0.4 is 10.4 Å². The minimum absolute atomic E-state index is 0.186. The summed E-state index contributed by atoms with van der Waals surface area (Å²) in [4.78, 5) is 19.5. The molecule has 0 amide bonds. The fourth-order valence-electron chi connectivity index (χ4n) is 2.59. The van der Waals surface area contributed by atoms with Crippen LogP contribution in [0, 0.1) is 12.7 Å². The van der Waals surface area contributed by atoms with E-state index >= 15 is 0 Å². The number of para-hydroxylation sites is 1. The summed E-state index contributed by atoms with van der Waals surface area (Å²) in [6, 6.07) is 11.2. The number of aryl methyl sites for hydroxylation is 1. The third kappa shape index (κ3) is 2.38. The zero-order chi connectivity index (χ0) is 16.7. The Morgan fingerprint density at radius 2 is 1.96 bits per heavy atom. The maximum Gasteiger partial charge on any atom is 0.336 e. The highest BCUT2D eigenvalue weighted by Crippen LogP contribution is 2.29. The van der Waals surface area contributed by atoms with Gasteiger partial charge in [-0.1, -0.05) is 6.07 Å². The highest BCUT2D eigenvalue weighted by molar-refractivity contribution is 5.84. The van der Waals surface area contributed by atoms with Gasteiger partial charge in [-0.25, -0.2) is 19.2 Å². The monoisotopic (exact) mass is 322 g/mol. The van der Waals surface area contributed by atoms with E-state index in [0.717, 1.165) is 10.9 Å². The summed E-state index contributed by atoms with van der Waals surface area (Å²) in [6.45, 7) is 1.83. The molecule has 118 valence electrons. The van der Waals surface area contributed by atoms with E-state index in [9.17, 15) is 9.18 Å². The maximum atomic E-state index is 13.8. The van der Waals surface area contributed by atoms with Crippen molar-refractivity contribution >= 4 is 21.9 Å². The van der Waals surface area contributed by atoms with Gasteiger partial charge in [0.2, 0.25) is 5.88 Å². The fourth-order valence-corrected chi connectivity index (χ4v) is 2.59. The Labute approximate surface area is 135 Å². The molecule has 2 heterocycles. The first-order valence-corrected chi connectivity index (χ1v) is 7.23. The molecular formula is C18H11FN2O3. The first-order chi connectivity index (χ1) is 11.6. The number of benzene rings is 2. The predicted molar refractivity (Wildman–Crippen MR) is 86.8 cm³/mol. The lowest BCUT2D eigenvalue weighted by atomic mass is 10.1. The van der Waals surface area contributed by atoms with Crippen LogP contribution in [0.4, 0.5) is 4.39 Å². The van der Waals surface area contributed by atoms with E-state index in [1.54, 1.807) is 30.3 Å². The second-order valence-corrected chi connectivity index (χ2v) is 5.32. The molecule has 24 heavy (non-hydrogen) atoms. The normalized spacial score (nSPS) is 11.1. The van der Waals surface area contributed by atoms with Gasteiger partial charge in [0, 0.05) is 17.5 Å². The van der Waals surface area contributed by atoms with Gasteiger partial charge in [0.1, 0.15) is 29.0 Å². The molecule has 0 aliphatic carbocycles. The summed E-state index contributed by atoms with van der Waals surface area (Å²) >= 11 is 0. The number of fused-ring (bicyclic) bond motifs is 2. The zero-order valence-corrected chi connectivity index (χ0v) is 12.6. The van der Waals surface area contributed by atoms with E-state index in [2.05, 4.69) is 9.97 Å². The van der Waals surface area contributed by atoms with Crippen molar-refractivity contribution in [3.05, 3.63) is 70.6 Å². The SMILES string of the molecule is Cc1cc(=O)oc2cc(Oc3ncnc4c(F)cccc34)ccc12. The fraction of sp³-hybridized carbons (Fsp3) is 0.0556. The van der Waals surface area contributed by atoms with Gasteiger partial charge in [-0.3, -0.25) is 0 Å². The second-order valence-electron chi connectivity index (χ2n) is 5.32. The van der Waals surface area contributed by atoms with E-state index in [4.69, 9.17) is 9.15 Å². The second kappa shape index (κ2) is 5.42. The van der Waals surface area contributed by atoms with Gasteiger partial charge < -0.3 is 9.15 Å². The van der Waals surface area contributed by atoms with Crippen LogP contribution in [0.15, 0.2) is 58.0 Å². The van der Waals surface area contributed by atoms with Gasteiger partial charge in [-0.2, -0.15) is 0 Å². The Balaban J connectivity index is 1.83. The minimum atomic E-state index is -0.445. The van der Waals surface area contributed by atoms with Crippen molar-refractivity contribution in [1.82, 2.24) is 9.97 Å². The lowest BCUT2D eigenvalue weighted by molar-refractivity contribution is 0.466. The van der Waals surface area contributed by atoms with Gasteiger partial charge in [0.15, 0.2) is 0 Å². The van der Waals surface area contributed by atoms with E-state index in [1.807, 2.05) is 6.92 Å². The van der Waals surface area contributed by atoms with Gasteiger partial charge in [-0.15, -0.1) is 0 Å². The van der Waals surface area contributed by atoms with Crippen LogP contribution >= 0.6 is 0 Å². The standard InChI is InChI=1S/C18H11FN2O3/c1-10-7-16(22)24-15-8-11(5-6-12(10)15)23-18-13-3-2-4-14(19)17(13)20-9-21-18/h2-9H,1H3. The molecule has 4 aromatic rings. The van der Waals surface area contributed by atoms with Crippen molar-refractivity contribution < 1.29 is 13.5 Å². The molecule has 0 bridgehead atoms. The van der Waals surface area contributed by atoms with Crippen molar-refractivity contribution in [2.75, 3.05) is 0 Å². The molecule has 5 nitrogen and oxygen atoms in total. The summed E-state index contributed by atoms with van der Waals surface area (Å²) in [6.07, 6.45) is 1.24. The smallest absolute Gasteiger partial charge is 0.336 e. The summed E-state index contributed by atoms with van der Waals surface area (Å²) in [7, 11) is 0. The number of rotatable bonds is 2. The van der Waals surface area contributed by atoms with Gasteiger partial charge in [0.25, 0.3) is 0 Å². The summed E-state index contributed by atoms with van der Waals surface area (Å²) in [5, 5.41) is 1.28. The van der Waals surface area contributed by atoms with Crippen molar-refractivity contribution in [3.8, 4) is 11.6 Å². The third-order valence-corrected chi connectivity index (χ3v) is 3.72. The third-order valence-electron chi connectivity index (χ3n) is 3.72. The number of nitrogens with zero attached hydrogens (tertiary/aromatic N) is 2. The van der Waals surface area contributed by atoms with E-state index in [0.29, 0.717) is 16.7 Å². The molecule has 0 atom stereocenters. The first kappa shape index (κ1) is 14.3. The molecule has 2 aromatic carbocycles. The molecule has 0 radical (unpaired) electrons. The Kier molecular flexibility index (Phi) is 3.23. The van der Waals surface area contributed by atoms with Crippen LogP contribution in [0.3, 0.4) is 0 Å². The molecule has 0 saturated heterocycles. The lowest BCUT2D eigenvalue weighted by Gasteiger charge is -2.08. The molecule has 4 rings (SSSR count). The van der Waals surface area contributed by atoms with E-state index < -0.39 is 11.4 Å². The van der Waals surface area contributed by atoms with E-state index in [-0.39, 0.29) is 11.4 Å². The average molecular weight is 322 g/mol. The topological polar surface area (TPSA) is 65.2 Å².